The molecule has 0 bridgehead atoms. The van der Waals surface area contributed by atoms with Crippen molar-refractivity contribution in [2.75, 3.05) is 17.9 Å². The van der Waals surface area contributed by atoms with Crippen LogP contribution in [0.2, 0.25) is 0 Å². The largest absolute Gasteiger partial charge is 0.352 e. The van der Waals surface area contributed by atoms with Crippen molar-refractivity contribution in [3.8, 4) is 0 Å². The number of hydrogen-bond acceptors (Lipinski definition) is 3. The minimum absolute atomic E-state index is 0.0930. The van der Waals surface area contributed by atoms with Crippen molar-refractivity contribution < 1.29 is 13.2 Å². The van der Waals surface area contributed by atoms with Crippen molar-refractivity contribution in [1.29, 1.82) is 0 Å². The van der Waals surface area contributed by atoms with Crippen molar-refractivity contribution in [3.63, 3.8) is 0 Å². The highest BCUT2D eigenvalue weighted by molar-refractivity contribution is 7.92. The van der Waals surface area contributed by atoms with E-state index in [-0.39, 0.29) is 10.8 Å². The monoisotopic (exact) mass is 360 g/mol. The molecule has 0 fully saturated rings. The molecule has 0 spiro atoms. The smallest absolute Gasteiger partial charge is 0.264 e. The fourth-order valence-electron chi connectivity index (χ4n) is 2.40. The van der Waals surface area contributed by atoms with Crippen molar-refractivity contribution in [1.82, 2.24) is 5.32 Å². The molecule has 25 heavy (non-hydrogen) atoms. The maximum absolute atomic E-state index is 12.9. The Morgan fingerprint density at radius 3 is 2.44 bits per heavy atom. The SMILES string of the molecule is Cc1ccccc1N(C)S(=O)(=O)c1cccc(C(=O)NCC(C)C)c1. The van der Waals surface area contributed by atoms with Gasteiger partial charge in [0.2, 0.25) is 0 Å². The van der Waals surface area contributed by atoms with Crippen LogP contribution >= 0.6 is 0 Å². The molecule has 0 radical (unpaired) electrons. The van der Waals surface area contributed by atoms with Crippen LogP contribution in [0, 0.1) is 12.8 Å². The Labute approximate surface area is 149 Å². The molecule has 0 atom stereocenters. The van der Waals surface area contributed by atoms with Crippen molar-refractivity contribution in [2.24, 2.45) is 5.92 Å². The number of sulfonamides is 1. The lowest BCUT2D eigenvalue weighted by molar-refractivity contribution is 0.0949. The molecule has 0 aromatic heterocycles. The first-order valence-corrected chi connectivity index (χ1v) is 9.60. The van der Waals surface area contributed by atoms with Gasteiger partial charge in [0.05, 0.1) is 10.6 Å². The predicted molar refractivity (Wildman–Crippen MR) is 100 cm³/mol. The summed E-state index contributed by atoms with van der Waals surface area (Å²) in [6, 6.07) is 13.4. The lowest BCUT2D eigenvalue weighted by Crippen LogP contribution is -2.29. The maximum atomic E-state index is 12.9. The molecule has 5 nitrogen and oxygen atoms in total. The molecule has 2 rings (SSSR count). The van der Waals surface area contributed by atoms with Gasteiger partial charge in [-0.15, -0.1) is 0 Å². The first-order chi connectivity index (χ1) is 11.7. The van der Waals surface area contributed by atoms with E-state index in [1.54, 1.807) is 24.3 Å². The van der Waals surface area contributed by atoms with Gasteiger partial charge in [-0.2, -0.15) is 0 Å². The number of aryl methyl sites for hydroxylation is 1. The van der Waals surface area contributed by atoms with E-state index in [1.807, 2.05) is 32.9 Å². The number of rotatable bonds is 6. The quantitative estimate of drug-likeness (QED) is 0.860. The Balaban J connectivity index is 2.33. The van der Waals surface area contributed by atoms with Gasteiger partial charge in [0.15, 0.2) is 0 Å². The second kappa shape index (κ2) is 7.70. The highest BCUT2D eigenvalue weighted by Gasteiger charge is 2.23. The zero-order chi connectivity index (χ0) is 18.6. The van der Waals surface area contributed by atoms with E-state index in [1.165, 1.54) is 23.5 Å². The molecule has 1 N–H and O–H groups in total. The molecule has 1 amide bonds. The molecule has 134 valence electrons. The fraction of sp³-hybridized carbons (Fsp3) is 0.316. The molecular weight excluding hydrogens is 336 g/mol. The number of carbonyl (C=O) groups excluding carboxylic acids is 1. The summed E-state index contributed by atoms with van der Waals surface area (Å²) in [7, 11) is -2.23. The summed E-state index contributed by atoms with van der Waals surface area (Å²) < 4.78 is 27.1. The summed E-state index contributed by atoms with van der Waals surface area (Å²) in [6.07, 6.45) is 0. The zero-order valence-electron chi connectivity index (χ0n) is 15.0. The molecule has 0 aliphatic carbocycles. The molecule has 0 unspecified atom stereocenters. The molecule has 2 aromatic carbocycles. The number of carbonyl (C=O) groups is 1. The lowest BCUT2D eigenvalue weighted by atomic mass is 10.2. The standard InChI is InChI=1S/C19H24N2O3S/c1-14(2)13-20-19(22)16-9-7-10-17(12-16)25(23,24)21(4)18-11-6-5-8-15(18)3/h5-12,14H,13H2,1-4H3,(H,20,22). The van der Waals surface area contributed by atoms with Crippen LogP contribution in [0.25, 0.3) is 0 Å². The maximum Gasteiger partial charge on any atom is 0.264 e. The van der Waals surface area contributed by atoms with Crippen LogP contribution < -0.4 is 9.62 Å². The summed E-state index contributed by atoms with van der Waals surface area (Å²) in [5, 5.41) is 2.80. The van der Waals surface area contributed by atoms with Crippen LogP contribution in [0.15, 0.2) is 53.4 Å². The normalized spacial score (nSPS) is 11.4. The summed E-state index contributed by atoms with van der Waals surface area (Å²) in [6.45, 7) is 6.40. The fourth-order valence-corrected chi connectivity index (χ4v) is 3.71. The van der Waals surface area contributed by atoms with Crippen molar-refractivity contribution in [2.45, 2.75) is 25.7 Å². The topological polar surface area (TPSA) is 66.5 Å². The van der Waals surface area contributed by atoms with Crippen LogP contribution in [0.3, 0.4) is 0 Å². The third-order valence-electron chi connectivity index (χ3n) is 3.88. The summed E-state index contributed by atoms with van der Waals surface area (Å²) in [4.78, 5) is 12.3. The number of para-hydroxylation sites is 1. The second-order valence-corrected chi connectivity index (χ2v) is 8.36. The van der Waals surface area contributed by atoms with E-state index in [0.29, 0.717) is 23.7 Å². The number of benzene rings is 2. The molecule has 0 saturated heterocycles. The second-order valence-electron chi connectivity index (χ2n) is 6.39. The molecule has 0 saturated carbocycles. The van der Waals surface area contributed by atoms with Crippen molar-refractivity contribution in [3.05, 3.63) is 59.7 Å². The Morgan fingerprint density at radius 2 is 1.80 bits per heavy atom. The first kappa shape index (κ1) is 19.0. The Morgan fingerprint density at radius 1 is 1.12 bits per heavy atom. The first-order valence-electron chi connectivity index (χ1n) is 8.16. The van der Waals surface area contributed by atoms with Crippen LogP contribution in [-0.4, -0.2) is 27.9 Å². The van der Waals surface area contributed by atoms with E-state index in [9.17, 15) is 13.2 Å². The molecule has 0 aliphatic rings. The van der Waals surface area contributed by atoms with Crippen molar-refractivity contribution >= 4 is 21.6 Å². The lowest BCUT2D eigenvalue weighted by Gasteiger charge is -2.21. The average Bonchev–Trinajstić information content (AvgIpc) is 2.59. The van der Waals surface area contributed by atoms with Crippen LogP contribution in [-0.2, 0) is 10.0 Å². The number of hydrogen-bond donors (Lipinski definition) is 1. The number of amides is 1. The third kappa shape index (κ3) is 4.39. The predicted octanol–water partition coefficient (Wildman–Crippen LogP) is 3.21. The molecular formula is C19H24N2O3S. The van der Waals surface area contributed by atoms with Gasteiger partial charge in [-0.05, 0) is 42.7 Å². The molecule has 2 aromatic rings. The Bertz CT molecular complexity index is 860. The molecule has 0 heterocycles. The van der Waals surface area contributed by atoms with E-state index >= 15 is 0 Å². The van der Waals surface area contributed by atoms with Gasteiger partial charge in [0.1, 0.15) is 0 Å². The van der Waals surface area contributed by atoms with E-state index in [4.69, 9.17) is 0 Å². The van der Waals surface area contributed by atoms with Gasteiger partial charge in [-0.1, -0.05) is 38.1 Å². The highest BCUT2D eigenvalue weighted by Crippen LogP contribution is 2.25. The number of nitrogens with zero attached hydrogens (tertiary/aromatic N) is 1. The van der Waals surface area contributed by atoms with Gasteiger partial charge in [0.25, 0.3) is 15.9 Å². The van der Waals surface area contributed by atoms with Gasteiger partial charge in [-0.25, -0.2) is 8.42 Å². The Kier molecular flexibility index (Phi) is 5.85. The van der Waals surface area contributed by atoms with Gasteiger partial charge < -0.3 is 5.32 Å². The summed E-state index contributed by atoms with van der Waals surface area (Å²) >= 11 is 0. The number of anilines is 1. The van der Waals surface area contributed by atoms with Crippen LogP contribution in [0.4, 0.5) is 5.69 Å². The van der Waals surface area contributed by atoms with Gasteiger partial charge in [-0.3, -0.25) is 9.10 Å². The van der Waals surface area contributed by atoms with E-state index in [2.05, 4.69) is 5.32 Å². The minimum atomic E-state index is -3.75. The van der Waals surface area contributed by atoms with E-state index in [0.717, 1.165) is 5.56 Å². The highest BCUT2D eigenvalue weighted by atomic mass is 32.2. The van der Waals surface area contributed by atoms with Crippen LogP contribution in [0.5, 0.6) is 0 Å². The van der Waals surface area contributed by atoms with Gasteiger partial charge in [0, 0.05) is 19.2 Å². The average molecular weight is 360 g/mol. The molecule has 6 heteroatoms. The number of nitrogens with one attached hydrogen (secondary N) is 1. The summed E-state index contributed by atoms with van der Waals surface area (Å²) in [5.74, 6) is 0.0485. The molecule has 0 aliphatic heterocycles. The van der Waals surface area contributed by atoms with E-state index < -0.39 is 10.0 Å². The summed E-state index contributed by atoms with van der Waals surface area (Å²) in [5.41, 5.74) is 1.80. The van der Waals surface area contributed by atoms with Gasteiger partial charge >= 0.3 is 0 Å². The minimum Gasteiger partial charge on any atom is -0.352 e. The Hall–Kier alpha value is -2.34. The third-order valence-corrected chi connectivity index (χ3v) is 5.65. The zero-order valence-corrected chi connectivity index (χ0v) is 15.8. The van der Waals surface area contributed by atoms with Crippen LogP contribution in [0.1, 0.15) is 29.8 Å².